The van der Waals surface area contributed by atoms with E-state index in [4.69, 9.17) is 4.43 Å². The summed E-state index contributed by atoms with van der Waals surface area (Å²) in [6.45, 7) is 13.5. The van der Waals surface area contributed by atoms with Crippen molar-refractivity contribution in [3.8, 4) is 5.75 Å². The van der Waals surface area contributed by atoms with Gasteiger partial charge in [-0.25, -0.2) is 0 Å². The molecule has 1 aromatic rings. The van der Waals surface area contributed by atoms with Crippen molar-refractivity contribution in [1.82, 2.24) is 0 Å². The van der Waals surface area contributed by atoms with Crippen molar-refractivity contribution in [3.63, 3.8) is 0 Å². The SMILES string of the molecule is CC(O)C=Cc1ccc(O[Si](C)(C)C(C)(C)C)c(C23CC4CC(CC(C4)C2)C3)c1. The minimum atomic E-state index is -1.90. The van der Waals surface area contributed by atoms with E-state index in [0.717, 1.165) is 23.5 Å². The summed E-state index contributed by atoms with van der Waals surface area (Å²) in [6, 6.07) is 6.80. The van der Waals surface area contributed by atoms with Gasteiger partial charge in [0.25, 0.3) is 0 Å². The lowest BCUT2D eigenvalue weighted by Crippen LogP contribution is -2.49. The van der Waals surface area contributed by atoms with Crippen molar-refractivity contribution in [1.29, 1.82) is 0 Å². The van der Waals surface area contributed by atoms with E-state index in [1.165, 1.54) is 49.7 Å². The van der Waals surface area contributed by atoms with E-state index in [2.05, 4.69) is 58.1 Å². The lowest BCUT2D eigenvalue weighted by Gasteiger charge is -2.57. The summed E-state index contributed by atoms with van der Waals surface area (Å²) < 4.78 is 6.93. The predicted octanol–water partition coefficient (Wildman–Crippen LogP) is 6.93. The third-order valence-electron chi connectivity index (χ3n) is 8.35. The average molecular weight is 413 g/mol. The third kappa shape index (κ3) is 4.10. The Morgan fingerprint density at radius 1 is 1.07 bits per heavy atom. The molecule has 4 saturated carbocycles. The van der Waals surface area contributed by atoms with Crippen LogP contribution in [0.25, 0.3) is 6.08 Å². The molecule has 5 rings (SSSR count). The van der Waals surface area contributed by atoms with Gasteiger partial charge in [-0.15, -0.1) is 0 Å². The predicted molar refractivity (Wildman–Crippen MR) is 125 cm³/mol. The average Bonchev–Trinajstić information content (AvgIpc) is 2.58. The topological polar surface area (TPSA) is 29.5 Å². The van der Waals surface area contributed by atoms with Gasteiger partial charge in [-0.3, -0.25) is 0 Å². The van der Waals surface area contributed by atoms with Crippen molar-refractivity contribution in [2.24, 2.45) is 17.8 Å². The van der Waals surface area contributed by atoms with Crippen molar-refractivity contribution < 1.29 is 9.53 Å². The van der Waals surface area contributed by atoms with Crippen LogP contribution in [0.5, 0.6) is 5.75 Å². The molecule has 0 aliphatic heterocycles. The fourth-order valence-corrected chi connectivity index (χ4v) is 7.31. The second-order valence-corrected chi connectivity index (χ2v) is 16.6. The molecule has 4 bridgehead atoms. The fraction of sp³-hybridized carbons (Fsp3) is 0.692. The maximum Gasteiger partial charge on any atom is 0.250 e. The molecule has 0 saturated heterocycles. The molecule has 2 nitrogen and oxygen atoms in total. The molecule has 29 heavy (non-hydrogen) atoms. The maximum atomic E-state index is 9.70. The highest BCUT2D eigenvalue weighted by Crippen LogP contribution is 2.62. The number of benzene rings is 1. The smallest absolute Gasteiger partial charge is 0.250 e. The normalized spacial score (nSPS) is 32.7. The quantitative estimate of drug-likeness (QED) is 0.531. The first-order chi connectivity index (χ1) is 13.5. The summed E-state index contributed by atoms with van der Waals surface area (Å²) in [5.74, 6) is 3.89. The van der Waals surface area contributed by atoms with Gasteiger partial charge in [0.15, 0.2) is 0 Å². The van der Waals surface area contributed by atoms with E-state index in [9.17, 15) is 5.11 Å². The lowest BCUT2D eigenvalue weighted by molar-refractivity contribution is -0.00587. The van der Waals surface area contributed by atoms with Crippen LogP contribution in [-0.2, 0) is 5.41 Å². The van der Waals surface area contributed by atoms with Crippen LogP contribution in [0.15, 0.2) is 24.3 Å². The van der Waals surface area contributed by atoms with Gasteiger partial charge in [-0.1, -0.05) is 39.0 Å². The number of rotatable bonds is 5. The molecule has 1 aromatic carbocycles. The monoisotopic (exact) mass is 412 g/mol. The zero-order chi connectivity index (χ0) is 21.0. The Balaban J connectivity index is 1.76. The van der Waals surface area contributed by atoms with Crippen molar-refractivity contribution in [2.75, 3.05) is 0 Å². The highest BCUT2D eigenvalue weighted by Gasteiger charge is 2.53. The van der Waals surface area contributed by atoms with E-state index < -0.39 is 14.4 Å². The first-order valence-corrected chi connectivity index (χ1v) is 14.6. The van der Waals surface area contributed by atoms with Crippen molar-refractivity contribution in [2.45, 2.75) is 95.9 Å². The molecule has 160 valence electrons. The lowest BCUT2D eigenvalue weighted by atomic mass is 9.48. The molecule has 1 unspecified atom stereocenters. The Kier molecular flexibility index (Phi) is 5.31. The zero-order valence-corrected chi connectivity index (χ0v) is 20.3. The molecule has 1 N–H and O–H groups in total. The van der Waals surface area contributed by atoms with E-state index in [0.29, 0.717) is 5.41 Å². The van der Waals surface area contributed by atoms with Gasteiger partial charge >= 0.3 is 0 Å². The molecule has 0 heterocycles. The van der Waals surface area contributed by atoms with Gasteiger partial charge in [0, 0.05) is 0 Å². The van der Waals surface area contributed by atoms with Crippen LogP contribution in [0.1, 0.15) is 77.3 Å². The highest BCUT2D eigenvalue weighted by molar-refractivity contribution is 6.74. The Bertz CT molecular complexity index is 749. The minimum absolute atomic E-state index is 0.191. The van der Waals surface area contributed by atoms with Crippen molar-refractivity contribution in [3.05, 3.63) is 35.4 Å². The Morgan fingerprint density at radius 3 is 2.10 bits per heavy atom. The van der Waals surface area contributed by atoms with Crippen molar-refractivity contribution >= 4 is 14.4 Å². The zero-order valence-electron chi connectivity index (χ0n) is 19.3. The summed E-state index contributed by atoms with van der Waals surface area (Å²) in [7, 11) is -1.90. The van der Waals surface area contributed by atoms with E-state index in [1.54, 1.807) is 0 Å². The van der Waals surface area contributed by atoms with Gasteiger partial charge in [0.05, 0.1) is 6.10 Å². The summed E-state index contributed by atoms with van der Waals surface area (Å²) >= 11 is 0. The molecule has 4 aliphatic rings. The summed E-state index contributed by atoms with van der Waals surface area (Å²) in [5, 5.41) is 9.90. The molecule has 4 aliphatic carbocycles. The van der Waals surface area contributed by atoms with Crippen LogP contribution < -0.4 is 4.43 Å². The van der Waals surface area contributed by atoms with Crippen LogP contribution in [-0.4, -0.2) is 19.5 Å². The Hall–Kier alpha value is -1.06. The third-order valence-corrected chi connectivity index (χ3v) is 12.7. The molecule has 0 aromatic heterocycles. The van der Waals surface area contributed by atoms with Gasteiger partial charge < -0.3 is 9.53 Å². The van der Waals surface area contributed by atoms with Gasteiger partial charge in [-0.2, -0.15) is 0 Å². The molecule has 0 amide bonds. The number of aliphatic hydroxyl groups is 1. The second kappa shape index (κ2) is 7.27. The minimum Gasteiger partial charge on any atom is -0.543 e. The second-order valence-electron chi connectivity index (χ2n) is 11.9. The standard InChI is InChI=1S/C26H40O2Si/c1-18(27)7-8-19-9-10-24(28-29(5,6)25(2,3)4)23(14-19)26-15-20-11-21(16-26)13-22(12-20)17-26/h7-10,14,18,20-22,27H,11-13,15-17H2,1-6H3. The Morgan fingerprint density at radius 2 is 1.62 bits per heavy atom. The van der Waals surface area contributed by atoms with E-state index in [-0.39, 0.29) is 5.04 Å². The van der Waals surface area contributed by atoms with Gasteiger partial charge in [-0.05, 0) is 110 Å². The fourth-order valence-electron chi connectivity index (χ4n) is 6.27. The van der Waals surface area contributed by atoms with Crippen LogP contribution in [0.2, 0.25) is 18.1 Å². The van der Waals surface area contributed by atoms with E-state index >= 15 is 0 Å². The van der Waals surface area contributed by atoms with Gasteiger partial charge in [0.1, 0.15) is 5.75 Å². The summed E-state index contributed by atoms with van der Waals surface area (Å²) in [6.07, 6.45) is 11.9. The van der Waals surface area contributed by atoms with Crippen LogP contribution in [0.3, 0.4) is 0 Å². The molecule has 0 spiro atoms. The molecular weight excluding hydrogens is 372 g/mol. The Labute approximate surface area is 178 Å². The molecule has 0 radical (unpaired) electrons. The summed E-state index contributed by atoms with van der Waals surface area (Å²) in [5.41, 5.74) is 2.97. The maximum absolute atomic E-state index is 9.70. The highest BCUT2D eigenvalue weighted by atomic mass is 28.4. The van der Waals surface area contributed by atoms with Crippen LogP contribution in [0.4, 0.5) is 0 Å². The first-order valence-electron chi connectivity index (χ1n) is 11.7. The van der Waals surface area contributed by atoms with E-state index in [1.807, 2.05) is 13.0 Å². The molecule has 3 heteroatoms. The molecule has 4 fully saturated rings. The molecular formula is C26H40O2Si. The number of hydrogen-bond acceptors (Lipinski definition) is 2. The molecule has 1 atom stereocenters. The number of aliphatic hydroxyl groups excluding tert-OH is 1. The summed E-state index contributed by atoms with van der Waals surface area (Å²) in [4.78, 5) is 0. The van der Waals surface area contributed by atoms with Crippen LogP contribution in [0, 0.1) is 17.8 Å². The number of hydrogen-bond donors (Lipinski definition) is 1. The first kappa shape index (κ1) is 21.2. The van der Waals surface area contributed by atoms with Gasteiger partial charge in [0.2, 0.25) is 8.32 Å². The van der Waals surface area contributed by atoms with Crippen LogP contribution >= 0.6 is 0 Å². The largest absolute Gasteiger partial charge is 0.543 e.